The first-order valence-corrected chi connectivity index (χ1v) is 7.89. The van der Waals surface area contributed by atoms with Crippen LogP contribution in [0.1, 0.15) is 11.4 Å². The molecular formula is C15H19N9. The van der Waals surface area contributed by atoms with Crippen molar-refractivity contribution in [3.8, 4) is 0 Å². The summed E-state index contributed by atoms with van der Waals surface area (Å²) < 4.78 is 0. The molecule has 4 rings (SSSR count). The predicted molar refractivity (Wildman–Crippen MR) is 92.0 cm³/mol. The number of H-pyrrole nitrogens is 1. The molecule has 0 atom stereocenters. The van der Waals surface area contributed by atoms with Gasteiger partial charge in [0.15, 0.2) is 11.5 Å². The summed E-state index contributed by atoms with van der Waals surface area (Å²) in [6.07, 6.45) is 1.61. The summed E-state index contributed by atoms with van der Waals surface area (Å²) in [7, 11) is 0. The average molecular weight is 325 g/mol. The van der Waals surface area contributed by atoms with E-state index in [1.807, 2.05) is 19.9 Å². The molecule has 0 bridgehead atoms. The van der Waals surface area contributed by atoms with E-state index in [1.165, 1.54) is 0 Å². The number of piperazine rings is 1. The quantitative estimate of drug-likeness (QED) is 0.707. The summed E-state index contributed by atoms with van der Waals surface area (Å²) in [5.74, 6) is 1.83. The number of rotatable bonds is 2. The maximum Gasteiger partial charge on any atom is 0.225 e. The molecule has 3 aromatic rings. The minimum atomic E-state index is 0.240. The van der Waals surface area contributed by atoms with E-state index in [0.717, 1.165) is 54.8 Å². The number of fused-ring (bicyclic) bond motifs is 1. The van der Waals surface area contributed by atoms with Crippen LogP contribution in [0, 0.1) is 13.8 Å². The highest BCUT2D eigenvalue weighted by molar-refractivity contribution is 5.84. The van der Waals surface area contributed by atoms with Gasteiger partial charge in [-0.15, -0.1) is 0 Å². The summed E-state index contributed by atoms with van der Waals surface area (Å²) in [6.45, 7) is 7.24. The Bertz CT molecular complexity index is 860. The van der Waals surface area contributed by atoms with Gasteiger partial charge in [0.2, 0.25) is 11.9 Å². The molecule has 0 spiro atoms. The number of aryl methyl sites for hydroxylation is 2. The first-order valence-electron chi connectivity index (χ1n) is 7.89. The Morgan fingerprint density at radius 2 is 1.62 bits per heavy atom. The Balaban J connectivity index is 1.56. The molecule has 3 aromatic heterocycles. The van der Waals surface area contributed by atoms with Crippen molar-refractivity contribution in [1.82, 2.24) is 29.9 Å². The van der Waals surface area contributed by atoms with Crippen molar-refractivity contribution in [2.24, 2.45) is 0 Å². The van der Waals surface area contributed by atoms with Crippen molar-refractivity contribution >= 4 is 28.9 Å². The molecule has 1 saturated heterocycles. The molecule has 3 N–H and O–H groups in total. The molecule has 0 aromatic carbocycles. The Labute approximate surface area is 139 Å². The number of nitrogens with two attached hydrogens (primary N) is 1. The monoisotopic (exact) mass is 325 g/mol. The van der Waals surface area contributed by atoms with Crippen LogP contribution in [0.2, 0.25) is 0 Å². The third kappa shape index (κ3) is 2.57. The second-order valence-electron chi connectivity index (χ2n) is 5.93. The van der Waals surface area contributed by atoms with Gasteiger partial charge in [0.1, 0.15) is 5.52 Å². The maximum atomic E-state index is 5.81. The van der Waals surface area contributed by atoms with Gasteiger partial charge in [-0.1, -0.05) is 0 Å². The number of imidazole rings is 1. The molecule has 24 heavy (non-hydrogen) atoms. The van der Waals surface area contributed by atoms with Gasteiger partial charge in [-0.05, 0) is 19.9 Å². The molecule has 124 valence electrons. The number of nitrogens with zero attached hydrogens (tertiary/aromatic N) is 7. The van der Waals surface area contributed by atoms with Crippen LogP contribution in [-0.4, -0.2) is 56.1 Å². The number of hydrogen-bond donors (Lipinski definition) is 2. The molecule has 9 heteroatoms. The summed E-state index contributed by atoms with van der Waals surface area (Å²) >= 11 is 0. The maximum absolute atomic E-state index is 5.81. The third-order valence-corrected chi connectivity index (χ3v) is 4.12. The largest absolute Gasteiger partial charge is 0.368 e. The lowest BCUT2D eigenvalue weighted by Gasteiger charge is -2.35. The van der Waals surface area contributed by atoms with E-state index in [0.29, 0.717) is 5.65 Å². The fourth-order valence-electron chi connectivity index (χ4n) is 3.03. The van der Waals surface area contributed by atoms with E-state index >= 15 is 0 Å². The Morgan fingerprint density at radius 1 is 0.958 bits per heavy atom. The Hall–Kier alpha value is -2.97. The zero-order chi connectivity index (χ0) is 16.7. The van der Waals surface area contributed by atoms with E-state index in [4.69, 9.17) is 5.73 Å². The van der Waals surface area contributed by atoms with Gasteiger partial charge in [0.05, 0.1) is 6.33 Å². The number of nitrogens with one attached hydrogen (secondary N) is 1. The fraction of sp³-hybridized carbons (Fsp3) is 0.400. The van der Waals surface area contributed by atoms with Crippen molar-refractivity contribution < 1.29 is 0 Å². The van der Waals surface area contributed by atoms with Crippen LogP contribution in [0.3, 0.4) is 0 Å². The normalized spacial score (nSPS) is 15.2. The van der Waals surface area contributed by atoms with Crippen molar-refractivity contribution in [3.63, 3.8) is 0 Å². The highest BCUT2D eigenvalue weighted by Crippen LogP contribution is 2.23. The molecule has 9 nitrogen and oxygen atoms in total. The van der Waals surface area contributed by atoms with Crippen LogP contribution in [0.15, 0.2) is 12.4 Å². The molecule has 0 saturated carbocycles. The zero-order valence-corrected chi connectivity index (χ0v) is 13.7. The number of anilines is 3. The molecule has 0 unspecified atom stereocenters. The van der Waals surface area contributed by atoms with Crippen molar-refractivity contribution in [2.75, 3.05) is 41.7 Å². The smallest absolute Gasteiger partial charge is 0.225 e. The van der Waals surface area contributed by atoms with Crippen LogP contribution in [0.25, 0.3) is 11.2 Å². The lowest BCUT2D eigenvalue weighted by Crippen LogP contribution is -2.47. The SMILES string of the molecule is Cc1cc(C)nc(N2CCN(c3nc(N)nc4nc[nH]c34)CC2)n1. The lowest BCUT2D eigenvalue weighted by atomic mass is 10.3. The zero-order valence-electron chi connectivity index (χ0n) is 13.7. The first kappa shape index (κ1) is 14.6. The minimum Gasteiger partial charge on any atom is -0.368 e. The van der Waals surface area contributed by atoms with Gasteiger partial charge in [-0.2, -0.15) is 9.97 Å². The summed E-state index contributed by atoms with van der Waals surface area (Å²) in [4.78, 5) is 29.3. The topological polar surface area (TPSA) is 113 Å². The van der Waals surface area contributed by atoms with Gasteiger partial charge in [0, 0.05) is 37.6 Å². The van der Waals surface area contributed by atoms with Crippen LogP contribution < -0.4 is 15.5 Å². The highest BCUT2D eigenvalue weighted by atomic mass is 15.3. The van der Waals surface area contributed by atoms with Crippen molar-refractivity contribution in [3.05, 3.63) is 23.8 Å². The predicted octanol–water partition coefficient (Wildman–Crippen LogP) is 0.669. The van der Waals surface area contributed by atoms with Gasteiger partial charge < -0.3 is 20.5 Å². The number of nitrogen functional groups attached to an aromatic ring is 1. The molecule has 1 aliphatic rings. The fourth-order valence-corrected chi connectivity index (χ4v) is 3.03. The van der Waals surface area contributed by atoms with Crippen LogP contribution in [0.5, 0.6) is 0 Å². The molecule has 0 radical (unpaired) electrons. The molecule has 4 heterocycles. The second kappa shape index (κ2) is 5.59. The molecular weight excluding hydrogens is 306 g/mol. The minimum absolute atomic E-state index is 0.240. The van der Waals surface area contributed by atoms with Crippen molar-refractivity contribution in [2.45, 2.75) is 13.8 Å². The molecule has 0 aliphatic carbocycles. The van der Waals surface area contributed by atoms with Gasteiger partial charge >= 0.3 is 0 Å². The van der Waals surface area contributed by atoms with E-state index in [-0.39, 0.29) is 5.95 Å². The highest BCUT2D eigenvalue weighted by Gasteiger charge is 2.23. The first-order chi connectivity index (χ1) is 11.6. The van der Waals surface area contributed by atoms with Crippen LogP contribution in [-0.2, 0) is 0 Å². The average Bonchev–Trinajstić information content (AvgIpc) is 3.01. The summed E-state index contributed by atoms with van der Waals surface area (Å²) in [6, 6.07) is 1.98. The van der Waals surface area contributed by atoms with E-state index in [1.54, 1.807) is 6.33 Å². The molecule has 1 fully saturated rings. The van der Waals surface area contributed by atoms with E-state index in [9.17, 15) is 0 Å². The van der Waals surface area contributed by atoms with Gasteiger partial charge in [-0.3, -0.25) is 0 Å². The molecule has 1 aliphatic heterocycles. The lowest BCUT2D eigenvalue weighted by molar-refractivity contribution is 0.634. The van der Waals surface area contributed by atoms with E-state index in [2.05, 4.69) is 39.7 Å². The van der Waals surface area contributed by atoms with Crippen molar-refractivity contribution in [1.29, 1.82) is 0 Å². The standard InChI is InChI=1S/C15H19N9/c1-9-7-10(2)20-15(19-9)24-5-3-23(4-6-24)13-11-12(18-8-17-11)21-14(16)22-13/h7-8H,3-6H2,1-2H3,(H3,16,17,18,21,22). The van der Waals surface area contributed by atoms with E-state index < -0.39 is 0 Å². The number of aromatic amines is 1. The Morgan fingerprint density at radius 3 is 2.33 bits per heavy atom. The third-order valence-electron chi connectivity index (χ3n) is 4.12. The second-order valence-corrected chi connectivity index (χ2v) is 5.93. The summed E-state index contributed by atoms with van der Waals surface area (Å²) in [5.41, 5.74) is 9.20. The Kier molecular flexibility index (Phi) is 3.40. The van der Waals surface area contributed by atoms with Gasteiger partial charge in [0.25, 0.3) is 0 Å². The van der Waals surface area contributed by atoms with Gasteiger partial charge in [-0.25, -0.2) is 15.0 Å². The van der Waals surface area contributed by atoms with Crippen LogP contribution in [0.4, 0.5) is 17.7 Å². The summed E-state index contributed by atoms with van der Waals surface area (Å²) in [5, 5.41) is 0. The van der Waals surface area contributed by atoms with Crippen LogP contribution >= 0.6 is 0 Å². The number of hydrogen-bond acceptors (Lipinski definition) is 8. The molecule has 0 amide bonds. The number of aromatic nitrogens is 6.